The Balaban J connectivity index is 2.14. The van der Waals surface area contributed by atoms with Crippen molar-refractivity contribution in [3.8, 4) is 0 Å². The number of hydrogen-bond donors (Lipinski definition) is 3. The van der Waals surface area contributed by atoms with Crippen molar-refractivity contribution < 1.29 is 14.7 Å². The second-order valence-corrected chi connectivity index (χ2v) is 4.76. The molecule has 0 fully saturated rings. The molecule has 1 aromatic carbocycles. The Morgan fingerprint density at radius 1 is 1.50 bits per heavy atom. The fourth-order valence-corrected chi connectivity index (χ4v) is 2.38. The van der Waals surface area contributed by atoms with Crippen molar-refractivity contribution in [2.24, 2.45) is 0 Å². The second kappa shape index (κ2) is 6.34. The highest BCUT2D eigenvalue weighted by Crippen LogP contribution is 2.22. The lowest BCUT2D eigenvalue weighted by Crippen LogP contribution is -2.47. The Hall–Kier alpha value is -2.14. The van der Waals surface area contributed by atoms with Crippen LogP contribution in [0.4, 0.5) is 0 Å². The predicted octanol–water partition coefficient (Wildman–Crippen LogP) is 1.02. The van der Waals surface area contributed by atoms with Crippen molar-refractivity contribution in [2.75, 3.05) is 6.54 Å². The maximum Gasteiger partial charge on any atom is 0.326 e. The Morgan fingerprint density at radius 3 is 2.95 bits per heavy atom. The largest absolute Gasteiger partial charge is 0.480 e. The van der Waals surface area contributed by atoms with Gasteiger partial charge in [0.15, 0.2) is 0 Å². The lowest BCUT2D eigenvalue weighted by Gasteiger charge is -2.27. The minimum absolute atomic E-state index is 0.204. The van der Waals surface area contributed by atoms with Crippen LogP contribution in [0.15, 0.2) is 36.9 Å². The van der Waals surface area contributed by atoms with Gasteiger partial charge in [0, 0.05) is 6.54 Å². The molecule has 2 unspecified atom stereocenters. The number of hydrogen-bond acceptors (Lipinski definition) is 3. The third-order valence-electron chi connectivity index (χ3n) is 3.39. The van der Waals surface area contributed by atoms with Crippen molar-refractivity contribution in [1.82, 2.24) is 10.6 Å². The molecule has 20 heavy (non-hydrogen) atoms. The van der Waals surface area contributed by atoms with Gasteiger partial charge in [-0.3, -0.25) is 4.79 Å². The van der Waals surface area contributed by atoms with Gasteiger partial charge in [0.25, 0.3) is 0 Å². The average molecular weight is 274 g/mol. The first-order valence-electron chi connectivity index (χ1n) is 6.58. The zero-order chi connectivity index (χ0) is 14.5. The lowest BCUT2D eigenvalue weighted by molar-refractivity contribution is -0.142. The quantitative estimate of drug-likeness (QED) is 0.700. The van der Waals surface area contributed by atoms with E-state index in [1.54, 1.807) is 0 Å². The summed E-state index contributed by atoms with van der Waals surface area (Å²) in [6.45, 7) is 4.21. The van der Waals surface area contributed by atoms with Gasteiger partial charge in [0.2, 0.25) is 5.91 Å². The summed E-state index contributed by atoms with van der Waals surface area (Å²) in [5.74, 6) is -1.37. The van der Waals surface area contributed by atoms with Crippen LogP contribution in [0.1, 0.15) is 23.6 Å². The molecule has 3 N–H and O–H groups in total. The topological polar surface area (TPSA) is 78.4 Å². The van der Waals surface area contributed by atoms with Gasteiger partial charge in [0.05, 0.1) is 0 Å². The Morgan fingerprint density at radius 2 is 2.25 bits per heavy atom. The molecule has 0 saturated heterocycles. The van der Waals surface area contributed by atoms with E-state index in [1.807, 2.05) is 24.3 Å². The summed E-state index contributed by atoms with van der Waals surface area (Å²) in [7, 11) is 0. The monoisotopic (exact) mass is 274 g/mol. The SMILES string of the molecule is C=CCC(NC(=O)C1NCCc2ccccc21)C(=O)O. The van der Waals surface area contributed by atoms with Crippen molar-refractivity contribution in [2.45, 2.75) is 24.9 Å². The van der Waals surface area contributed by atoms with Gasteiger partial charge in [-0.25, -0.2) is 4.79 Å². The number of rotatable bonds is 5. The minimum atomic E-state index is -1.05. The predicted molar refractivity (Wildman–Crippen MR) is 75.3 cm³/mol. The molecule has 1 aromatic rings. The third-order valence-corrected chi connectivity index (χ3v) is 3.39. The van der Waals surface area contributed by atoms with Crippen LogP contribution in [0.3, 0.4) is 0 Å². The summed E-state index contributed by atoms with van der Waals surface area (Å²) in [4.78, 5) is 23.3. The average Bonchev–Trinajstić information content (AvgIpc) is 2.46. The third kappa shape index (κ3) is 3.05. The Bertz CT molecular complexity index is 528. The molecular weight excluding hydrogens is 256 g/mol. The van der Waals surface area contributed by atoms with Gasteiger partial charge >= 0.3 is 5.97 Å². The highest BCUT2D eigenvalue weighted by Gasteiger charge is 2.28. The van der Waals surface area contributed by atoms with Crippen LogP contribution >= 0.6 is 0 Å². The van der Waals surface area contributed by atoms with Crippen molar-refractivity contribution >= 4 is 11.9 Å². The molecule has 0 aliphatic carbocycles. The van der Waals surface area contributed by atoms with E-state index in [-0.39, 0.29) is 12.3 Å². The number of carboxylic acid groups (broad SMARTS) is 1. The number of benzene rings is 1. The van der Waals surface area contributed by atoms with Gasteiger partial charge in [-0.1, -0.05) is 30.3 Å². The van der Waals surface area contributed by atoms with Crippen LogP contribution in [0.2, 0.25) is 0 Å². The summed E-state index contributed by atoms with van der Waals surface area (Å²) in [5, 5.41) is 14.8. The van der Waals surface area contributed by atoms with Crippen LogP contribution in [0.25, 0.3) is 0 Å². The highest BCUT2D eigenvalue weighted by atomic mass is 16.4. The van der Waals surface area contributed by atoms with Gasteiger partial charge in [-0.15, -0.1) is 6.58 Å². The molecule has 0 radical (unpaired) electrons. The molecule has 0 spiro atoms. The minimum Gasteiger partial charge on any atom is -0.480 e. The van der Waals surface area contributed by atoms with E-state index in [9.17, 15) is 9.59 Å². The summed E-state index contributed by atoms with van der Waals surface area (Å²) in [6.07, 6.45) is 2.56. The van der Waals surface area contributed by atoms with E-state index in [4.69, 9.17) is 5.11 Å². The maximum absolute atomic E-state index is 12.3. The van der Waals surface area contributed by atoms with Crippen LogP contribution < -0.4 is 10.6 Å². The van der Waals surface area contributed by atoms with E-state index in [2.05, 4.69) is 17.2 Å². The Kier molecular flexibility index (Phi) is 4.53. The first-order chi connectivity index (χ1) is 9.63. The molecule has 0 saturated carbocycles. The smallest absolute Gasteiger partial charge is 0.326 e. The number of nitrogens with one attached hydrogen (secondary N) is 2. The molecule has 1 aliphatic rings. The molecule has 5 nitrogen and oxygen atoms in total. The van der Waals surface area contributed by atoms with E-state index in [0.29, 0.717) is 6.54 Å². The molecule has 5 heteroatoms. The van der Waals surface area contributed by atoms with E-state index in [1.165, 1.54) is 6.08 Å². The van der Waals surface area contributed by atoms with Crippen LogP contribution in [-0.2, 0) is 16.0 Å². The maximum atomic E-state index is 12.3. The number of fused-ring (bicyclic) bond motifs is 1. The summed E-state index contributed by atoms with van der Waals surface area (Å²) >= 11 is 0. The number of amides is 1. The van der Waals surface area contributed by atoms with E-state index < -0.39 is 18.1 Å². The number of carbonyl (C=O) groups is 2. The molecule has 0 bridgehead atoms. The standard InChI is InChI=1S/C15H18N2O3/c1-2-5-12(15(19)20)17-14(18)13-11-7-4-3-6-10(11)8-9-16-13/h2-4,6-7,12-13,16H,1,5,8-9H2,(H,17,18)(H,19,20). The molecule has 1 heterocycles. The number of carboxylic acids is 1. The van der Waals surface area contributed by atoms with E-state index in [0.717, 1.165) is 17.5 Å². The van der Waals surface area contributed by atoms with Gasteiger partial charge in [0.1, 0.15) is 12.1 Å². The van der Waals surface area contributed by atoms with Crippen LogP contribution in [-0.4, -0.2) is 29.6 Å². The summed E-state index contributed by atoms with van der Waals surface area (Å²) in [6, 6.07) is 6.29. The van der Waals surface area contributed by atoms with Gasteiger partial charge in [-0.05, 0) is 24.0 Å². The molecule has 0 aromatic heterocycles. The molecule has 1 amide bonds. The molecule has 2 rings (SSSR count). The van der Waals surface area contributed by atoms with Crippen LogP contribution in [0.5, 0.6) is 0 Å². The van der Waals surface area contributed by atoms with Gasteiger partial charge < -0.3 is 15.7 Å². The summed E-state index contributed by atoms with van der Waals surface area (Å²) < 4.78 is 0. The lowest BCUT2D eigenvalue weighted by atomic mass is 9.93. The Labute approximate surface area is 117 Å². The van der Waals surface area contributed by atoms with E-state index >= 15 is 0 Å². The first kappa shape index (κ1) is 14.3. The summed E-state index contributed by atoms with van der Waals surface area (Å²) in [5.41, 5.74) is 2.04. The van der Waals surface area contributed by atoms with Crippen LogP contribution in [0, 0.1) is 0 Å². The number of aliphatic carboxylic acids is 1. The highest BCUT2D eigenvalue weighted by molar-refractivity contribution is 5.88. The van der Waals surface area contributed by atoms with Gasteiger partial charge in [-0.2, -0.15) is 0 Å². The van der Waals surface area contributed by atoms with Crippen molar-refractivity contribution in [1.29, 1.82) is 0 Å². The number of carbonyl (C=O) groups excluding carboxylic acids is 1. The second-order valence-electron chi connectivity index (χ2n) is 4.76. The normalized spacial score (nSPS) is 18.7. The zero-order valence-electron chi connectivity index (χ0n) is 11.1. The first-order valence-corrected chi connectivity index (χ1v) is 6.58. The molecule has 2 atom stereocenters. The molecule has 106 valence electrons. The molecule has 1 aliphatic heterocycles. The molecular formula is C15H18N2O3. The van der Waals surface area contributed by atoms with Crippen molar-refractivity contribution in [3.63, 3.8) is 0 Å². The van der Waals surface area contributed by atoms with Crippen molar-refractivity contribution in [3.05, 3.63) is 48.0 Å². The fourth-order valence-electron chi connectivity index (χ4n) is 2.38. The fraction of sp³-hybridized carbons (Fsp3) is 0.333. The zero-order valence-corrected chi connectivity index (χ0v) is 11.1.